The van der Waals surface area contributed by atoms with Crippen molar-refractivity contribution in [2.45, 2.75) is 59.8 Å². The van der Waals surface area contributed by atoms with Crippen LogP contribution in [0.2, 0.25) is 0 Å². The lowest BCUT2D eigenvalue weighted by Gasteiger charge is -2.25. The molecule has 166 valence electrons. The summed E-state index contributed by atoms with van der Waals surface area (Å²) in [5.74, 6) is 0.775. The number of hydrogen-bond donors (Lipinski definition) is 1. The van der Waals surface area contributed by atoms with Crippen LogP contribution < -0.4 is 5.56 Å². The van der Waals surface area contributed by atoms with Gasteiger partial charge in [-0.05, 0) is 73.7 Å². The molecule has 7 heteroatoms. The van der Waals surface area contributed by atoms with Crippen molar-refractivity contribution in [1.82, 2.24) is 30.1 Å². The van der Waals surface area contributed by atoms with Crippen LogP contribution >= 0.6 is 0 Å². The molecule has 7 nitrogen and oxygen atoms in total. The van der Waals surface area contributed by atoms with E-state index in [9.17, 15) is 4.79 Å². The molecule has 1 N–H and O–H groups in total. The maximum Gasteiger partial charge on any atom is 0.252 e. The summed E-state index contributed by atoms with van der Waals surface area (Å²) in [6.07, 6.45) is 0. The average molecular weight is 431 g/mol. The van der Waals surface area contributed by atoms with E-state index in [-0.39, 0.29) is 11.1 Å². The maximum absolute atomic E-state index is 12.9. The number of H-pyrrole nitrogens is 1. The molecule has 0 unspecified atom stereocenters. The largest absolute Gasteiger partial charge is 0.322 e. The lowest BCUT2D eigenvalue weighted by Crippen LogP contribution is -2.31. The van der Waals surface area contributed by atoms with Crippen molar-refractivity contribution >= 4 is 10.9 Å². The third kappa shape index (κ3) is 4.94. The van der Waals surface area contributed by atoms with Crippen LogP contribution in [-0.2, 0) is 25.2 Å². The first-order valence-corrected chi connectivity index (χ1v) is 10.9. The van der Waals surface area contributed by atoms with Crippen LogP contribution in [0.5, 0.6) is 0 Å². The van der Waals surface area contributed by atoms with E-state index in [1.54, 1.807) is 0 Å². The van der Waals surface area contributed by atoms with Crippen molar-refractivity contribution in [2.24, 2.45) is 0 Å². The Morgan fingerprint density at radius 3 is 2.38 bits per heavy atom. The molecule has 0 amide bonds. The van der Waals surface area contributed by atoms with Crippen LogP contribution in [0.1, 0.15) is 48.8 Å². The molecule has 0 saturated heterocycles. The maximum atomic E-state index is 12.9. The number of tetrazole rings is 1. The Hall–Kier alpha value is -3.32. The Kier molecular flexibility index (Phi) is 5.93. The van der Waals surface area contributed by atoms with E-state index in [4.69, 9.17) is 0 Å². The molecule has 2 aromatic heterocycles. The number of benzene rings is 2. The lowest BCUT2D eigenvalue weighted by molar-refractivity contribution is 0.223. The zero-order chi connectivity index (χ0) is 22.9. The molecule has 0 bridgehead atoms. The quantitative estimate of drug-likeness (QED) is 0.498. The molecule has 4 aromatic rings. The second kappa shape index (κ2) is 8.67. The highest BCUT2D eigenvalue weighted by molar-refractivity contribution is 5.79. The first kappa shape index (κ1) is 21.9. The van der Waals surface area contributed by atoms with Gasteiger partial charge in [0.15, 0.2) is 5.82 Å². The van der Waals surface area contributed by atoms with Crippen LogP contribution in [0, 0.1) is 13.8 Å². The van der Waals surface area contributed by atoms with Crippen molar-refractivity contribution in [2.75, 3.05) is 0 Å². The van der Waals surface area contributed by atoms with Gasteiger partial charge in [0.2, 0.25) is 0 Å². The highest BCUT2D eigenvalue weighted by Crippen LogP contribution is 2.19. The summed E-state index contributed by atoms with van der Waals surface area (Å²) < 4.78 is 1.85. The van der Waals surface area contributed by atoms with Gasteiger partial charge in [0, 0.05) is 24.2 Å². The van der Waals surface area contributed by atoms with E-state index in [1.165, 1.54) is 11.1 Å². The Morgan fingerprint density at radius 1 is 0.938 bits per heavy atom. The molecule has 0 aliphatic heterocycles. The van der Waals surface area contributed by atoms with Crippen molar-refractivity contribution in [3.8, 4) is 0 Å². The predicted molar refractivity (Wildman–Crippen MR) is 126 cm³/mol. The minimum absolute atomic E-state index is 0.0626. The molecular weight excluding hydrogens is 400 g/mol. The van der Waals surface area contributed by atoms with Crippen molar-refractivity contribution in [3.05, 3.63) is 87.0 Å². The minimum Gasteiger partial charge on any atom is -0.322 e. The van der Waals surface area contributed by atoms with Crippen molar-refractivity contribution in [3.63, 3.8) is 0 Å². The lowest BCUT2D eigenvalue weighted by atomic mass is 10.1. The Labute approximate surface area is 188 Å². The van der Waals surface area contributed by atoms with Gasteiger partial charge in [-0.25, -0.2) is 4.68 Å². The van der Waals surface area contributed by atoms with Gasteiger partial charge in [-0.15, -0.1) is 5.10 Å². The molecule has 32 heavy (non-hydrogen) atoms. The molecule has 0 aliphatic rings. The van der Waals surface area contributed by atoms with Crippen molar-refractivity contribution < 1.29 is 0 Å². The molecule has 0 aliphatic carbocycles. The molecule has 2 heterocycles. The second-order valence-electron chi connectivity index (χ2n) is 9.52. The zero-order valence-electron chi connectivity index (χ0n) is 19.4. The second-order valence-corrected chi connectivity index (χ2v) is 9.52. The smallest absolute Gasteiger partial charge is 0.252 e. The van der Waals surface area contributed by atoms with Crippen LogP contribution in [0.15, 0.2) is 53.3 Å². The molecule has 4 rings (SSSR count). The number of aromatic nitrogens is 5. The zero-order valence-corrected chi connectivity index (χ0v) is 19.4. The van der Waals surface area contributed by atoms with Gasteiger partial charge >= 0.3 is 0 Å². The predicted octanol–water partition coefficient (Wildman–Crippen LogP) is 4.09. The Bertz CT molecular complexity index is 1280. The van der Waals surface area contributed by atoms with E-state index >= 15 is 0 Å². The van der Waals surface area contributed by atoms with Crippen molar-refractivity contribution in [1.29, 1.82) is 0 Å². The average Bonchev–Trinajstić information content (AvgIpc) is 3.19. The first-order chi connectivity index (χ1) is 15.2. The fourth-order valence-electron chi connectivity index (χ4n) is 3.86. The molecule has 0 atom stereocenters. The standard InChI is InChI=1S/C25H30N6O/c1-17-6-9-19(10-7-17)14-30(16-23-27-28-29-31(23)25(3,4)5)15-21-13-20-11-8-18(2)12-22(20)26-24(21)32/h6-13H,14-16H2,1-5H3,(H,26,32). The molecule has 0 radical (unpaired) electrons. The molecule has 0 spiro atoms. The van der Waals surface area contributed by atoms with E-state index in [0.29, 0.717) is 19.6 Å². The van der Waals surface area contributed by atoms with Crippen LogP contribution in [-0.4, -0.2) is 30.1 Å². The van der Waals surface area contributed by atoms with Gasteiger partial charge in [-0.2, -0.15) is 0 Å². The number of hydrogen-bond acceptors (Lipinski definition) is 5. The normalized spacial score (nSPS) is 12.1. The summed E-state index contributed by atoms with van der Waals surface area (Å²) in [6, 6.07) is 16.6. The van der Waals surface area contributed by atoms with Crippen LogP contribution in [0.25, 0.3) is 10.9 Å². The Morgan fingerprint density at radius 2 is 1.66 bits per heavy atom. The molecule has 2 aromatic carbocycles. The SMILES string of the molecule is Cc1ccc(CN(Cc2cc3ccc(C)cc3[nH]c2=O)Cc2nnnn2C(C)(C)C)cc1. The van der Waals surface area contributed by atoms with Crippen LogP contribution in [0.3, 0.4) is 0 Å². The topological polar surface area (TPSA) is 79.7 Å². The van der Waals surface area contributed by atoms with Crippen LogP contribution in [0.4, 0.5) is 0 Å². The highest BCUT2D eigenvalue weighted by atomic mass is 16.1. The van der Waals surface area contributed by atoms with E-state index in [2.05, 4.69) is 89.5 Å². The number of aromatic amines is 1. The van der Waals surface area contributed by atoms with Gasteiger partial charge in [0.25, 0.3) is 5.56 Å². The fourth-order valence-corrected chi connectivity index (χ4v) is 3.86. The number of nitrogens with zero attached hydrogens (tertiary/aromatic N) is 5. The van der Waals surface area contributed by atoms with Gasteiger partial charge in [-0.3, -0.25) is 9.69 Å². The van der Waals surface area contributed by atoms with E-state index in [1.807, 2.05) is 23.7 Å². The third-order valence-corrected chi connectivity index (χ3v) is 5.53. The Balaban J connectivity index is 1.67. The summed E-state index contributed by atoms with van der Waals surface area (Å²) in [6.45, 7) is 12.0. The number of rotatable bonds is 6. The summed E-state index contributed by atoms with van der Waals surface area (Å²) in [5, 5.41) is 13.4. The number of aryl methyl sites for hydroxylation is 2. The minimum atomic E-state index is -0.230. The van der Waals surface area contributed by atoms with Gasteiger partial charge in [0.1, 0.15) is 0 Å². The number of fused-ring (bicyclic) bond motifs is 1. The molecule has 0 saturated carbocycles. The molecular formula is C25H30N6O. The monoisotopic (exact) mass is 430 g/mol. The van der Waals surface area contributed by atoms with Gasteiger partial charge in [0.05, 0.1) is 12.1 Å². The van der Waals surface area contributed by atoms with Gasteiger partial charge in [-0.1, -0.05) is 42.0 Å². The summed E-state index contributed by atoms with van der Waals surface area (Å²) in [7, 11) is 0. The number of nitrogens with one attached hydrogen (secondary N) is 1. The summed E-state index contributed by atoms with van der Waals surface area (Å²) >= 11 is 0. The third-order valence-electron chi connectivity index (χ3n) is 5.53. The van der Waals surface area contributed by atoms with E-state index < -0.39 is 0 Å². The number of pyridine rings is 1. The summed E-state index contributed by atoms with van der Waals surface area (Å²) in [5.41, 5.74) is 4.82. The van der Waals surface area contributed by atoms with Gasteiger partial charge < -0.3 is 4.98 Å². The molecule has 0 fully saturated rings. The van der Waals surface area contributed by atoms with E-state index in [0.717, 1.165) is 27.9 Å². The fraction of sp³-hybridized carbons (Fsp3) is 0.360. The highest BCUT2D eigenvalue weighted by Gasteiger charge is 2.22. The summed E-state index contributed by atoms with van der Waals surface area (Å²) in [4.78, 5) is 18.1. The first-order valence-electron chi connectivity index (χ1n) is 10.9.